The number of anilines is 1. The van der Waals surface area contributed by atoms with Crippen LogP contribution in [0, 0.1) is 10.1 Å². The number of carboxylic acid groups (broad SMARTS) is 1. The van der Waals surface area contributed by atoms with Crippen LogP contribution in [0.3, 0.4) is 0 Å². The summed E-state index contributed by atoms with van der Waals surface area (Å²) in [5.41, 5.74) is 0.561. The predicted octanol–water partition coefficient (Wildman–Crippen LogP) is 5.67. The number of furan rings is 1. The number of aromatic carboxylic acids is 1. The van der Waals surface area contributed by atoms with Gasteiger partial charge in [0.05, 0.1) is 27.3 Å². The molecule has 160 valence electrons. The molecule has 0 aliphatic heterocycles. The molecule has 0 bridgehead atoms. The van der Waals surface area contributed by atoms with Crippen molar-refractivity contribution in [3.63, 3.8) is 0 Å². The summed E-state index contributed by atoms with van der Waals surface area (Å²) >= 11 is 5.93. The van der Waals surface area contributed by atoms with Gasteiger partial charge in [0.15, 0.2) is 0 Å². The fourth-order valence-electron chi connectivity index (χ4n) is 2.54. The van der Waals surface area contributed by atoms with Crippen molar-refractivity contribution in [1.29, 1.82) is 0 Å². The number of nitrogens with one attached hydrogen (secondary N) is 1. The Morgan fingerprint density at radius 3 is 2.55 bits per heavy atom. The molecular weight excluding hydrogens is 443 g/mol. The monoisotopic (exact) mass is 453 g/mol. The summed E-state index contributed by atoms with van der Waals surface area (Å²) in [6, 6.07) is 9.31. The van der Waals surface area contributed by atoms with Crippen molar-refractivity contribution in [2.24, 2.45) is 5.10 Å². The molecule has 0 fully saturated rings. The number of rotatable bonds is 6. The summed E-state index contributed by atoms with van der Waals surface area (Å²) in [4.78, 5) is 21.1. The van der Waals surface area contributed by atoms with E-state index in [4.69, 9.17) is 21.1 Å². The lowest BCUT2D eigenvalue weighted by molar-refractivity contribution is -0.384. The first kappa shape index (κ1) is 21.8. The number of hydrazone groups is 1. The third-order valence-corrected chi connectivity index (χ3v) is 4.32. The van der Waals surface area contributed by atoms with Gasteiger partial charge >= 0.3 is 12.1 Å². The Morgan fingerprint density at radius 1 is 1.19 bits per heavy atom. The van der Waals surface area contributed by atoms with Gasteiger partial charge in [-0.25, -0.2) is 4.79 Å². The van der Waals surface area contributed by atoms with Crippen LogP contribution in [-0.2, 0) is 6.18 Å². The average Bonchev–Trinajstić information content (AvgIpc) is 3.15. The Balaban J connectivity index is 1.77. The first-order chi connectivity index (χ1) is 14.6. The lowest BCUT2D eigenvalue weighted by Gasteiger charge is -2.08. The molecule has 12 heteroatoms. The zero-order chi connectivity index (χ0) is 22.8. The van der Waals surface area contributed by atoms with Crippen LogP contribution in [0.4, 0.5) is 24.5 Å². The van der Waals surface area contributed by atoms with Crippen LogP contribution < -0.4 is 5.43 Å². The summed E-state index contributed by atoms with van der Waals surface area (Å²) < 4.78 is 43.8. The van der Waals surface area contributed by atoms with Gasteiger partial charge in [-0.2, -0.15) is 18.3 Å². The highest BCUT2D eigenvalue weighted by atomic mass is 35.5. The summed E-state index contributed by atoms with van der Waals surface area (Å²) in [6.07, 6.45) is -3.55. The van der Waals surface area contributed by atoms with E-state index < -0.39 is 28.3 Å². The van der Waals surface area contributed by atoms with Crippen molar-refractivity contribution in [2.45, 2.75) is 6.18 Å². The van der Waals surface area contributed by atoms with Gasteiger partial charge in [0.1, 0.15) is 17.2 Å². The molecule has 0 aliphatic carbocycles. The number of carboxylic acids is 1. The quantitative estimate of drug-likeness (QED) is 0.282. The molecule has 0 spiro atoms. The van der Waals surface area contributed by atoms with E-state index in [1.54, 1.807) is 6.07 Å². The molecule has 3 rings (SSSR count). The van der Waals surface area contributed by atoms with Gasteiger partial charge in [-0.3, -0.25) is 15.5 Å². The first-order valence-corrected chi connectivity index (χ1v) is 8.72. The number of benzene rings is 2. The SMILES string of the molecule is O=C(O)c1ccc(-c2ccc(/C=N\Nc3ccc(C(F)(F)F)cc3[N+](=O)[O-])o2)cc1Cl. The molecule has 1 heterocycles. The Kier molecular flexibility index (Phi) is 5.97. The number of nitro groups is 1. The lowest BCUT2D eigenvalue weighted by Crippen LogP contribution is -2.06. The Morgan fingerprint density at radius 2 is 1.94 bits per heavy atom. The maximum Gasteiger partial charge on any atom is 0.416 e. The zero-order valence-corrected chi connectivity index (χ0v) is 15.9. The van der Waals surface area contributed by atoms with Crippen molar-refractivity contribution in [1.82, 2.24) is 0 Å². The van der Waals surface area contributed by atoms with E-state index in [2.05, 4.69) is 10.5 Å². The third-order valence-electron chi connectivity index (χ3n) is 4.01. The van der Waals surface area contributed by atoms with Gasteiger partial charge in [0.25, 0.3) is 5.69 Å². The lowest BCUT2D eigenvalue weighted by atomic mass is 10.1. The van der Waals surface area contributed by atoms with E-state index in [0.717, 1.165) is 12.3 Å². The van der Waals surface area contributed by atoms with Crippen LogP contribution in [-0.4, -0.2) is 22.2 Å². The van der Waals surface area contributed by atoms with E-state index in [1.807, 2.05) is 0 Å². The van der Waals surface area contributed by atoms with Crippen LogP contribution in [0.5, 0.6) is 0 Å². The van der Waals surface area contributed by atoms with Gasteiger partial charge in [0.2, 0.25) is 0 Å². The van der Waals surface area contributed by atoms with Crippen molar-refractivity contribution in [3.8, 4) is 11.3 Å². The predicted molar refractivity (Wildman–Crippen MR) is 105 cm³/mol. The Bertz CT molecular complexity index is 1190. The number of nitrogens with zero attached hydrogens (tertiary/aromatic N) is 2. The highest BCUT2D eigenvalue weighted by Crippen LogP contribution is 2.35. The van der Waals surface area contributed by atoms with E-state index in [1.165, 1.54) is 24.3 Å². The van der Waals surface area contributed by atoms with Crippen LogP contribution in [0.2, 0.25) is 5.02 Å². The molecule has 3 aromatic rings. The molecule has 1 aromatic heterocycles. The number of hydrogen-bond donors (Lipinski definition) is 2. The maximum atomic E-state index is 12.7. The molecule has 0 saturated carbocycles. The number of hydrogen-bond acceptors (Lipinski definition) is 6. The Labute approximate surface area is 176 Å². The van der Waals surface area contributed by atoms with Crippen molar-refractivity contribution < 1.29 is 32.4 Å². The molecule has 8 nitrogen and oxygen atoms in total. The van der Waals surface area contributed by atoms with Gasteiger partial charge in [-0.05, 0) is 36.4 Å². The minimum Gasteiger partial charge on any atom is -0.478 e. The van der Waals surface area contributed by atoms with Crippen LogP contribution in [0.1, 0.15) is 21.7 Å². The van der Waals surface area contributed by atoms with Gasteiger partial charge in [-0.15, -0.1) is 0 Å². The second kappa shape index (κ2) is 8.48. The Hall–Kier alpha value is -3.86. The van der Waals surface area contributed by atoms with E-state index in [-0.39, 0.29) is 22.0 Å². The molecule has 31 heavy (non-hydrogen) atoms. The fourth-order valence-corrected chi connectivity index (χ4v) is 2.80. The van der Waals surface area contributed by atoms with E-state index in [0.29, 0.717) is 23.5 Å². The van der Waals surface area contributed by atoms with Gasteiger partial charge in [-0.1, -0.05) is 17.7 Å². The molecule has 2 aromatic carbocycles. The average molecular weight is 454 g/mol. The number of alkyl halides is 3. The summed E-state index contributed by atoms with van der Waals surface area (Å²) in [6.45, 7) is 0. The molecule has 2 N–H and O–H groups in total. The molecule has 0 unspecified atom stereocenters. The molecule has 0 atom stereocenters. The van der Waals surface area contributed by atoms with E-state index in [9.17, 15) is 28.1 Å². The van der Waals surface area contributed by atoms with Crippen LogP contribution >= 0.6 is 11.6 Å². The smallest absolute Gasteiger partial charge is 0.416 e. The van der Waals surface area contributed by atoms with Crippen LogP contribution in [0.25, 0.3) is 11.3 Å². The third kappa shape index (κ3) is 5.01. The molecule has 0 saturated heterocycles. The standard InChI is InChI=1S/C19H11ClF3N3O5/c20-14-7-10(1-4-13(14)18(27)28)17-6-3-12(31-17)9-24-25-15-5-2-11(19(21,22)23)8-16(15)26(29)30/h1-9,25H,(H,27,28)/b24-9-. The molecule has 0 aliphatic rings. The number of halogens is 4. The molecule has 0 amide bonds. The first-order valence-electron chi connectivity index (χ1n) is 8.34. The van der Waals surface area contributed by atoms with Gasteiger partial charge in [0, 0.05) is 11.6 Å². The maximum absolute atomic E-state index is 12.7. The molecule has 0 radical (unpaired) electrons. The molecular formula is C19H11ClF3N3O5. The fraction of sp³-hybridized carbons (Fsp3) is 0.0526. The number of carbonyl (C=O) groups is 1. The van der Waals surface area contributed by atoms with Crippen molar-refractivity contribution in [2.75, 3.05) is 5.43 Å². The second-order valence-corrected chi connectivity index (χ2v) is 6.47. The highest BCUT2D eigenvalue weighted by molar-refractivity contribution is 6.33. The summed E-state index contributed by atoms with van der Waals surface area (Å²) in [7, 11) is 0. The van der Waals surface area contributed by atoms with E-state index >= 15 is 0 Å². The largest absolute Gasteiger partial charge is 0.478 e. The minimum absolute atomic E-state index is 0.0212. The zero-order valence-electron chi connectivity index (χ0n) is 15.2. The topological polar surface area (TPSA) is 118 Å². The van der Waals surface area contributed by atoms with Gasteiger partial charge < -0.3 is 9.52 Å². The van der Waals surface area contributed by atoms with Crippen LogP contribution in [0.15, 0.2) is 58.0 Å². The summed E-state index contributed by atoms with van der Waals surface area (Å²) in [5.74, 6) is -0.608. The number of nitro benzene ring substituents is 1. The second-order valence-electron chi connectivity index (χ2n) is 6.06. The minimum atomic E-state index is -4.72. The normalized spacial score (nSPS) is 11.6. The van der Waals surface area contributed by atoms with Crippen molar-refractivity contribution in [3.05, 3.63) is 80.6 Å². The highest BCUT2D eigenvalue weighted by Gasteiger charge is 2.33. The van der Waals surface area contributed by atoms with Crippen molar-refractivity contribution >= 4 is 35.2 Å². The summed E-state index contributed by atoms with van der Waals surface area (Å²) in [5, 5.41) is 23.8.